The third-order valence-electron chi connectivity index (χ3n) is 7.73. The van der Waals surface area contributed by atoms with Crippen LogP contribution in [0.1, 0.15) is 30.0 Å². The van der Waals surface area contributed by atoms with E-state index in [1.165, 1.54) is 27.4 Å². The van der Waals surface area contributed by atoms with Crippen LogP contribution < -0.4 is 0 Å². The number of piperazine rings is 1. The maximum absolute atomic E-state index is 13.5. The Labute approximate surface area is 220 Å². The molecule has 3 heterocycles. The molecule has 1 saturated carbocycles. The quantitative estimate of drug-likeness (QED) is 0.401. The fraction of sp³-hybridized carbons (Fsp3) is 0.423. The van der Waals surface area contributed by atoms with Crippen molar-refractivity contribution >= 4 is 20.9 Å². The van der Waals surface area contributed by atoms with Gasteiger partial charge in [0.15, 0.2) is 0 Å². The number of aryl methyl sites for hydroxylation is 2. The Morgan fingerprint density at radius 1 is 1.08 bits per heavy atom. The number of nitrogens with zero attached hydrogens (tertiary/aromatic N) is 7. The molecule has 0 amide bonds. The van der Waals surface area contributed by atoms with E-state index in [-0.39, 0.29) is 29.5 Å². The molecule has 2 aliphatic rings. The summed E-state index contributed by atoms with van der Waals surface area (Å²) < 4.78 is 43.6. The smallest absolute Gasteiger partial charge is 0.264 e. The summed E-state index contributed by atoms with van der Waals surface area (Å²) in [6.45, 7) is 4.04. The Kier molecular flexibility index (Phi) is 6.29. The van der Waals surface area contributed by atoms with Crippen LogP contribution in [0, 0.1) is 18.7 Å². The summed E-state index contributed by atoms with van der Waals surface area (Å²) in [5.41, 5.74) is 3.71. The van der Waals surface area contributed by atoms with Gasteiger partial charge in [-0.25, -0.2) is 17.5 Å². The molecule has 2 fully saturated rings. The maximum atomic E-state index is 13.5. The first-order valence-corrected chi connectivity index (χ1v) is 14.2. The van der Waals surface area contributed by atoms with Crippen molar-refractivity contribution in [1.82, 2.24) is 34.0 Å². The van der Waals surface area contributed by atoms with Gasteiger partial charge in [0.2, 0.25) is 5.03 Å². The molecule has 1 aliphatic carbocycles. The number of aliphatic hydroxyl groups excluding tert-OH is 1. The van der Waals surface area contributed by atoms with E-state index in [2.05, 4.69) is 32.3 Å². The van der Waals surface area contributed by atoms with Crippen LogP contribution in [0.3, 0.4) is 0 Å². The number of halogens is 1. The second kappa shape index (κ2) is 9.53. The third kappa shape index (κ3) is 4.51. The second-order valence-electron chi connectivity index (χ2n) is 10.3. The summed E-state index contributed by atoms with van der Waals surface area (Å²) in [7, 11) is -2.21. The highest BCUT2D eigenvalue weighted by Gasteiger charge is 2.39. The van der Waals surface area contributed by atoms with Crippen molar-refractivity contribution in [1.29, 1.82) is 0 Å². The molecule has 12 heteroatoms. The summed E-state index contributed by atoms with van der Waals surface area (Å²) in [4.78, 5) is 3.59. The minimum atomic E-state index is -3.80. The number of hydrogen-bond acceptors (Lipinski definition) is 7. The number of rotatable bonds is 6. The van der Waals surface area contributed by atoms with E-state index >= 15 is 0 Å². The zero-order valence-electron chi connectivity index (χ0n) is 21.3. The first-order chi connectivity index (χ1) is 18.2. The Morgan fingerprint density at radius 2 is 1.84 bits per heavy atom. The van der Waals surface area contributed by atoms with Crippen molar-refractivity contribution < 1.29 is 17.9 Å². The normalized spacial score (nSPS) is 23.1. The highest BCUT2D eigenvalue weighted by atomic mass is 32.2. The van der Waals surface area contributed by atoms with Crippen molar-refractivity contribution in [2.75, 3.05) is 26.2 Å². The monoisotopic (exact) mass is 539 g/mol. The molecule has 6 rings (SSSR count). The Hall–Kier alpha value is -3.19. The average molecular weight is 540 g/mol. The molecule has 1 N–H and O–H groups in total. The van der Waals surface area contributed by atoms with E-state index in [9.17, 15) is 17.9 Å². The summed E-state index contributed by atoms with van der Waals surface area (Å²) in [6.07, 6.45) is 4.37. The van der Waals surface area contributed by atoms with Crippen molar-refractivity contribution in [3.63, 3.8) is 0 Å². The summed E-state index contributed by atoms with van der Waals surface area (Å²) in [6, 6.07) is 10.2. The molecule has 10 nitrogen and oxygen atoms in total. The average Bonchev–Trinajstić information content (AvgIpc) is 3.50. The second-order valence-corrected chi connectivity index (χ2v) is 12.2. The van der Waals surface area contributed by atoms with Gasteiger partial charge in [-0.15, -0.1) is 5.10 Å². The van der Waals surface area contributed by atoms with Gasteiger partial charge in [0.1, 0.15) is 5.82 Å². The van der Waals surface area contributed by atoms with E-state index in [0.29, 0.717) is 19.0 Å². The minimum Gasteiger partial charge on any atom is -0.393 e. The van der Waals surface area contributed by atoms with Crippen LogP contribution in [0.2, 0.25) is 0 Å². The molecular weight excluding hydrogens is 509 g/mol. The molecule has 1 saturated heterocycles. The Balaban J connectivity index is 1.36. The predicted molar refractivity (Wildman–Crippen MR) is 139 cm³/mol. The molecule has 2 aromatic heterocycles. The summed E-state index contributed by atoms with van der Waals surface area (Å²) >= 11 is 0. The van der Waals surface area contributed by atoms with Gasteiger partial charge in [-0.1, -0.05) is 0 Å². The van der Waals surface area contributed by atoms with E-state index in [4.69, 9.17) is 0 Å². The van der Waals surface area contributed by atoms with Crippen LogP contribution in [0.4, 0.5) is 4.39 Å². The predicted octanol–water partition coefficient (Wildman–Crippen LogP) is 2.42. The van der Waals surface area contributed by atoms with Gasteiger partial charge < -0.3 is 5.11 Å². The highest BCUT2D eigenvalue weighted by Crippen LogP contribution is 2.36. The third-order valence-corrected chi connectivity index (χ3v) is 9.45. The van der Waals surface area contributed by atoms with Gasteiger partial charge in [-0.3, -0.25) is 4.90 Å². The molecule has 0 spiro atoms. The van der Waals surface area contributed by atoms with E-state index < -0.39 is 10.0 Å². The lowest BCUT2D eigenvalue weighted by Crippen LogP contribution is -2.52. The van der Waals surface area contributed by atoms with Crippen LogP contribution >= 0.6 is 0 Å². The molecule has 0 bridgehead atoms. The summed E-state index contributed by atoms with van der Waals surface area (Å²) in [5.74, 6) is 0.0851. The van der Waals surface area contributed by atoms with Crippen molar-refractivity contribution in [3.8, 4) is 5.69 Å². The maximum Gasteiger partial charge on any atom is 0.264 e. The van der Waals surface area contributed by atoms with Crippen molar-refractivity contribution in [2.24, 2.45) is 13.0 Å². The minimum absolute atomic E-state index is 0.0536. The number of sulfonamides is 1. The fourth-order valence-electron chi connectivity index (χ4n) is 5.63. The number of aromatic nitrogens is 5. The van der Waals surface area contributed by atoms with Gasteiger partial charge in [0, 0.05) is 44.7 Å². The fourth-order valence-corrected chi connectivity index (χ4v) is 6.96. The molecule has 0 radical (unpaired) electrons. The van der Waals surface area contributed by atoms with Gasteiger partial charge in [-0.05, 0) is 73.2 Å². The molecule has 1 aliphatic heterocycles. The first kappa shape index (κ1) is 25.1. The number of aliphatic hydroxyl groups is 1. The summed E-state index contributed by atoms with van der Waals surface area (Å²) in [5, 5.41) is 23.2. The van der Waals surface area contributed by atoms with E-state index in [1.807, 2.05) is 6.92 Å². The van der Waals surface area contributed by atoms with Crippen molar-refractivity contribution in [3.05, 3.63) is 65.7 Å². The zero-order chi connectivity index (χ0) is 26.6. The topological polar surface area (TPSA) is 109 Å². The molecule has 2 aromatic carbocycles. The van der Waals surface area contributed by atoms with E-state index in [1.54, 1.807) is 30.1 Å². The molecule has 4 aromatic rings. The van der Waals surface area contributed by atoms with Gasteiger partial charge >= 0.3 is 0 Å². The van der Waals surface area contributed by atoms with Crippen LogP contribution in [0.5, 0.6) is 0 Å². The lowest BCUT2D eigenvalue weighted by atomic mass is 9.81. The Bertz CT molecular complexity index is 1580. The van der Waals surface area contributed by atoms with Crippen LogP contribution in [-0.4, -0.2) is 79.8 Å². The van der Waals surface area contributed by atoms with Crippen LogP contribution in [0.15, 0.2) is 53.8 Å². The molecule has 38 heavy (non-hydrogen) atoms. The van der Waals surface area contributed by atoms with Gasteiger partial charge in [-0.2, -0.15) is 19.3 Å². The SMILES string of the molecule is Cc1cc2c(cnn2-c2ccc(F)cc2)cc1[C@H]1CN(S(=O)(=O)c2cnn(C)n2)CCN1CC1CC(O)C1. The van der Waals surface area contributed by atoms with Gasteiger partial charge in [0.05, 0.1) is 29.7 Å². The van der Waals surface area contributed by atoms with Gasteiger partial charge in [0.25, 0.3) is 10.0 Å². The van der Waals surface area contributed by atoms with Crippen molar-refractivity contribution in [2.45, 2.75) is 36.9 Å². The molecule has 0 unspecified atom stereocenters. The Morgan fingerprint density at radius 3 is 2.53 bits per heavy atom. The first-order valence-electron chi connectivity index (χ1n) is 12.7. The largest absolute Gasteiger partial charge is 0.393 e. The highest BCUT2D eigenvalue weighted by molar-refractivity contribution is 7.89. The lowest BCUT2D eigenvalue weighted by Gasteiger charge is -2.44. The molecule has 1 atom stereocenters. The molecular formula is C26H30FN7O3S. The zero-order valence-corrected chi connectivity index (χ0v) is 22.1. The number of fused-ring (bicyclic) bond motifs is 1. The number of hydrogen-bond donors (Lipinski definition) is 1. The molecule has 200 valence electrons. The standard InChI is InChI=1S/C26H30FN7O3S/c1-17-9-24-19(13-29-34(24)21-5-3-20(27)4-6-21)12-23(17)25-16-33(38(36,37)26-14-28-31(2)30-26)8-7-32(25)15-18-10-22(35)11-18/h3-6,9,12-14,18,22,25,35H,7-8,10-11,15-16H2,1-2H3/t18?,22?,25-/m1/s1. The van der Waals surface area contributed by atoms with E-state index in [0.717, 1.165) is 47.1 Å². The number of benzene rings is 2. The lowest BCUT2D eigenvalue weighted by molar-refractivity contribution is 0.00593. The van der Waals surface area contributed by atoms with Crippen LogP contribution in [-0.2, 0) is 17.1 Å². The van der Waals surface area contributed by atoms with Crippen LogP contribution in [0.25, 0.3) is 16.6 Å².